The first-order valence-corrected chi connectivity index (χ1v) is 8.53. The van der Waals surface area contributed by atoms with Crippen LogP contribution in [-0.2, 0) is 0 Å². The quantitative estimate of drug-likeness (QED) is 0.732. The van der Waals surface area contributed by atoms with E-state index in [-0.39, 0.29) is 5.91 Å². The van der Waals surface area contributed by atoms with Crippen LogP contribution < -0.4 is 5.43 Å². The molecule has 0 spiro atoms. The minimum Gasteiger partial charge on any atom is -0.267 e. The Labute approximate surface area is 154 Å². The van der Waals surface area contributed by atoms with E-state index < -0.39 is 11.4 Å². The summed E-state index contributed by atoms with van der Waals surface area (Å²) in [6.07, 6.45) is 0. The third-order valence-corrected chi connectivity index (χ3v) is 4.16. The molecule has 0 unspecified atom stereocenters. The summed E-state index contributed by atoms with van der Waals surface area (Å²) >= 11 is 9.40. The maximum absolute atomic E-state index is 12.8. The molecule has 0 aromatic heterocycles. The van der Waals surface area contributed by atoms with E-state index in [2.05, 4.69) is 21.4 Å². The Kier molecular flexibility index (Phi) is 5.67. The molecule has 24 heavy (non-hydrogen) atoms. The minimum absolute atomic E-state index is 0.296. The Balaban J connectivity index is 2.29. The maximum Gasteiger partial charge on any atom is 0.272 e. The lowest BCUT2D eigenvalue weighted by molar-refractivity contribution is 0.0358. The normalized spacial score (nSPS) is 11.0. The van der Waals surface area contributed by atoms with Crippen molar-refractivity contribution in [2.75, 3.05) is 0 Å². The number of rotatable bonds is 2. The highest BCUT2D eigenvalue weighted by molar-refractivity contribution is 9.10. The molecule has 1 N–H and O–H groups in total. The molecule has 0 radical (unpaired) electrons. The lowest BCUT2D eigenvalue weighted by Gasteiger charge is -2.35. The average Bonchev–Trinajstić information content (AvgIpc) is 2.52. The van der Waals surface area contributed by atoms with Crippen LogP contribution in [0.3, 0.4) is 0 Å². The van der Waals surface area contributed by atoms with Crippen molar-refractivity contribution in [1.82, 2.24) is 10.4 Å². The molecule has 2 aromatic rings. The predicted molar refractivity (Wildman–Crippen MR) is 99.0 cm³/mol. The molecule has 2 rings (SSSR count). The van der Waals surface area contributed by atoms with Crippen LogP contribution in [0, 0.1) is 0 Å². The van der Waals surface area contributed by atoms with Gasteiger partial charge in [0.2, 0.25) is 0 Å². The van der Waals surface area contributed by atoms with E-state index >= 15 is 0 Å². The van der Waals surface area contributed by atoms with Crippen LogP contribution in [0.2, 0.25) is 5.02 Å². The topological polar surface area (TPSA) is 49.4 Å². The van der Waals surface area contributed by atoms with Gasteiger partial charge < -0.3 is 0 Å². The zero-order valence-corrected chi connectivity index (χ0v) is 16.0. The molecule has 0 saturated carbocycles. The van der Waals surface area contributed by atoms with E-state index in [0.717, 1.165) is 4.47 Å². The van der Waals surface area contributed by atoms with Crippen molar-refractivity contribution in [2.45, 2.75) is 26.3 Å². The van der Waals surface area contributed by atoms with E-state index in [1.807, 2.05) is 20.8 Å². The van der Waals surface area contributed by atoms with Crippen molar-refractivity contribution >= 4 is 39.3 Å². The fourth-order valence-corrected chi connectivity index (χ4v) is 2.54. The number of nitrogens with zero attached hydrogens (tertiary/aromatic N) is 1. The fourth-order valence-electron chi connectivity index (χ4n) is 2.05. The van der Waals surface area contributed by atoms with Crippen LogP contribution in [0.25, 0.3) is 0 Å². The van der Waals surface area contributed by atoms with E-state index in [9.17, 15) is 9.59 Å². The van der Waals surface area contributed by atoms with Gasteiger partial charge in [-0.15, -0.1) is 0 Å². The number of benzene rings is 2. The summed E-state index contributed by atoms with van der Waals surface area (Å²) in [5, 5.41) is 1.65. The third-order valence-electron chi connectivity index (χ3n) is 3.30. The summed E-state index contributed by atoms with van der Waals surface area (Å²) < 4.78 is 0.876. The van der Waals surface area contributed by atoms with Crippen molar-refractivity contribution in [1.29, 1.82) is 0 Å². The van der Waals surface area contributed by atoms with Gasteiger partial charge in [-0.05, 0) is 57.2 Å². The molecule has 4 nitrogen and oxygen atoms in total. The molecule has 0 fully saturated rings. The zero-order valence-electron chi connectivity index (χ0n) is 13.6. The van der Waals surface area contributed by atoms with Crippen LogP contribution in [0.15, 0.2) is 53.0 Å². The Hall–Kier alpha value is -1.85. The van der Waals surface area contributed by atoms with Crippen LogP contribution in [-0.4, -0.2) is 22.4 Å². The Morgan fingerprint density at radius 2 is 1.62 bits per heavy atom. The van der Waals surface area contributed by atoms with Gasteiger partial charge in [0.05, 0.1) is 16.1 Å². The second-order valence-electron chi connectivity index (χ2n) is 6.24. The number of hydrogen-bond acceptors (Lipinski definition) is 2. The standard InChI is InChI=1S/C18H18BrClN2O2/c1-18(2,3)22(17(24)12-8-10-13(19)11-9-12)21-16(23)14-6-4-5-7-15(14)20/h4-11H,1-3H3,(H,21,23). The molecule has 2 aromatic carbocycles. The highest BCUT2D eigenvalue weighted by Gasteiger charge is 2.30. The largest absolute Gasteiger partial charge is 0.272 e. The first-order valence-electron chi connectivity index (χ1n) is 7.36. The summed E-state index contributed by atoms with van der Waals surface area (Å²) in [7, 11) is 0. The smallest absolute Gasteiger partial charge is 0.267 e. The van der Waals surface area contributed by atoms with Crippen molar-refractivity contribution in [3.05, 3.63) is 69.2 Å². The van der Waals surface area contributed by atoms with Crippen LogP contribution in [0.5, 0.6) is 0 Å². The summed E-state index contributed by atoms with van der Waals surface area (Å²) in [5.41, 5.74) is 2.86. The van der Waals surface area contributed by atoms with Gasteiger partial charge >= 0.3 is 0 Å². The first kappa shape index (κ1) is 18.5. The monoisotopic (exact) mass is 408 g/mol. The second kappa shape index (κ2) is 7.36. The Morgan fingerprint density at radius 3 is 2.17 bits per heavy atom. The van der Waals surface area contributed by atoms with E-state index in [0.29, 0.717) is 16.1 Å². The van der Waals surface area contributed by atoms with Gasteiger partial charge in [0.15, 0.2) is 0 Å². The number of amides is 2. The number of nitrogens with one attached hydrogen (secondary N) is 1. The lowest BCUT2D eigenvalue weighted by Crippen LogP contribution is -2.55. The van der Waals surface area contributed by atoms with Crippen molar-refractivity contribution in [3.63, 3.8) is 0 Å². The summed E-state index contributed by atoms with van der Waals surface area (Å²) in [5.74, 6) is -0.726. The molecular formula is C18H18BrClN2O2. The summed E-state index contributed by atoms with van der Waals surface area (Å²) in [6.45, 7) is 5.53. The third kappa shape index (κ3) is 4.36. The Bertz CT molecular complexity index is 754. The van der Waals surface area contributed by atoms with Crippen LogP contribution >= 0.6 is 27.5 Å². The molecule has 0 aliphatic carbocycles. The number of hydrogen-bond donors (Lipinski definition) is 1. The van der Waals surface area contributed by atoms with Crippen molar-refractivity contribution < 1.29 is 9.59 Å². The molecule has 0 heterocycles. The SMILES string of the molecule is CC(C)(C)N(NC(=O)c1ccccc1Cl)C(=O)c1ccc(Br)cc1. The van der Waals surface area contributed by atoms with Gasteiger partial charge in [-0.2, -0.15) is 0 Å². The fraction of sp³-hybridized carbons (Fsp3) is 0.222. The van der Waals surface area contributed by atoms with Gasteiger partial charge in [-0.25, -0.2) is 5.01 Å². The molecule has 2 amide bonds. The maximum atomic E-state index is 12.8. The van der Waals surface area contributed by atoms with Crippen molar-refractivity contribution in [2.24, 2.45) is 0 Å². The second-order valence-corrected chi connectivity index (χ2v) is 7.56. The van der Waals surface area contributed by atoms with Gasteiger partial charge in [-0.1, -0.05) is 39.7 Å². The molecule has 0 saturated heterocycles. The van der Waals surface area contributed by atoms with Gasteiger partial charge in [0.25, 0.3) is 11.8 Å². The average molecular weight is 410 g/mol. The molecule has 0 bridgehead atoms. The number of carbonyl (C=O) groups is 2. The lowest BCUT2D eigenvalue weighted by atomic mass is 10.1. The molecule has 0 aliphatic heterocycles. The van der Waals surface area contributed by atoms with Crippen LogP contribution in [0.1, 0.15) is 41.5 Å². The molecule has 126 valence electrons. The molecular weight excluding hydrogens is 392 g/mol. The highest BCUT2D eigenvalue weighted by atomic mass is 79.9. The summed E-state index contributed by atoms with van der Waals surface area (Å²) in [4.78, 5) is 25.3. The Morgan fingerprint density at radius 1 is 1.04 bits per heavy atom. The highest BCUT2D eigenvalue weighted by Crippen LogP contribution is 2.19. The van der Waals surface area contributed by atoms with Gasteiger partial charge in [0.1, 0.15) is 0 Å². The van der Waals surface area contributed by atoms with Gasteiger partial charge in [-0.3, -0.25) is 15.0 Å². The van der Waals surface area contributed by atoms with E-state index in [4.69, 9.17) is 11.6 Å². The van der Waals surface area contributed by atoms with Crippen molar-refractivity contribution in [3.8, 4) is 0 Å². The number of hydrazine groups is 1. The minimum atomic E-state index is -0.610. The van der Waals surface area contributed by atoms with E-state index in [1.54, 1.807) is 48.5 Å². The number of carbonyl (C=O) groups excluding carboxylic acids is 2. The molecule has 0 aliphatic rings. The van der Waals surface area contributed by atoms with Gasteiger partial charge in [0, 0.05) is 10.0 Å². The van der Waals surface area contributed by atoms with Crippen LogP contribution in [0.4, 0.5) is 0 Å². The number of halogens is 2. The zero-order chi connectivity index (χ0) is 17.9. The predicted octanol–water partition coefficient (Wildman–Crippen LogP) is 4.69. The van der Waals surface area contributed by atoms with E-state index in [1.165, 1.54) is 5.01 Å². The first-order chi connectivity index (χ1) is 11.2. The molecule has 0 atom stereocenters. The molecule has 6 heteroatoms. The summed E-state index contributed by atoms with van der Waals surface area (Å²) in [6, 6.07) is 13.7.